The summed E-state index contributed by atoms with van der Waals surface area (Å²) in [6.45, 7) is 1.37. The molecule has 6 nitrogen and oxygen atoms in total. The highest BCUT2D eigenvalue weighted by atomic mass is 32.1. The van der Waals surface area contributed by atoms with E-state index in [0.29, 0.717) is 10.9 Å². The van der Waals surface area contributed by atoms with Crippen LogP contribution in [0.3, 0.4) is 0 Å². The Labute approximate surface area is 128 Å². The molecule has 3 aromatic rings. The van der Waals surface area contributed by atoms with Gasteiger partial charge in [-0.1, -0.05) is 18.2 Å². The van der Waals surface area contributed by atoms with Gasteiger partial charge in [0.25, 0.3) is 0 Å². The number of rotatable bonds is 3. The highest BCUT2D eigenvalue weighted by molar-refractivity contribution is 7.12. The summed E-state index contributed by atoms with van der Waals surface area (Å²) < 4.78 is 1.00. The van der Waals surface area contributed by atoms with Crippen LogP contribution in [0.5, 0.6) is 0 Å². The highest BCUT2D eigenvalue weighted by Crippen LogP contribution is 2.25. The summed E-state index contributed by atoms with van der Waals surface area (Å²) in [5.74, 6) is -0.614. The van der Waals surface area contributed by atoms with Crippen LogP contribution in [0.25, 0.3) is 10.9 Å². The number of thiazole rings is 1. The van der Waals surface area contributed by atoms with E-state index in [1.54, 1.807) is 24.3 Å². The summed E-state index contributed by atoms with van der Waals surface area (Å²) in [4.78, 5) is 39.1. The van der Waals surface area contributed by atoms with Crippen molar-refractivity contribution in [2.24, 2.45) is 0 Å². The Morgan fingerprint density at radius 3 is 2.59 bits per heavy atom. The van der Waals surface area contributed by atoms with Crippen LogP contribution in [-0.2, 0) is 0 Å². The standard InChI is InChI=1S/C15H10N2O4S/c1-8(18)11-7-22-14(16-11)13(19)10-6-17(15(20)21)12-5-3-2-4-9(10)12/h2-7H,1H3,(H,20,21). The number of ketones is 2. The van der Waals surface area contributed by atoms with Crippen LogP contribution >= 0.6 is 11.3 Å². The Balaban J connectivity index is 2.14. The van der Waals surface area contributed by atoms with Crippen LogP contribution in [0.1, 0.15) is 32.8 Å². The van der Waals surface area contributed by atoms with Gasteiger partial charge in [0, 0.05) is 23.9 Å². The molecule has 0 atom stereocenters. The molecule has 1 N–H and O–H groups in total. The average molecular weight is 314 g/mol. The van der Waals surface area contributed by atoms with E-state index < -0.39 is 11.9 Å². The molecule has 1 aromatic carbocycles. The van der Waals surface area contributed by atoms with Crippen molar-refractivity contribution in [3.63, 3.8) is 0 Å². The Bertz CT molecular complexity index is 923. The molecular formula is C15H10N2O4S. The first-order valence-electron chi connectivity index (χ1n) is 6.33. The van der Waals surface area contributed by atoms with E-state index in [1.807, 2.05) is 0 Å². The molecule has 0 fully saturated rings. The van der Waals surface area contributed by atoms with Gasteiger partial charge in [-0.25, -0.2) is 9.78 Å². The minimum absolute atomic E-state index is 0.165. The molecule has 110 valence electrons. The first-order valence-corrected chi connectivity index (χ1v) is 7.21. The molecule has 0 saturated heterocycles. The molecular weight excluding hydrogens is 304 g/mol. The molecule has 7 heteroatoms. The normalized spacial score (nSPS) is 10.8. The molecule has 0 aliphatic carbocycles. The van der Waals surface area contributed by atoms with E-state index in [1.165, 1.54) is 18.5 Å². The van der Waals surface area contributed by atoms with Gasteiger partial charge in [-0.2, -0.15) is 0 Å². The molecule has 3 rings (SSSR count). The second kappa shape index (κ2) is 5.19. The molecule has 0 aliphatic rings. The van der Waals surface area contributed by atoms with Crippen molar-refractivity contribution in [3.8, 4) is 0 Å². The zero-order valence-electron chi connectivity index (χ0n) is 11.4. The second-order valence-corrected chi connectivity index (χ2v) is 5.49. The van der Waals surface area contributed by atoms with Crippen molar-refractivity contribution < 1.29 is 19.5 Å². The molecule has 2 aromatic heterocycles. The second-order valence-electron chi connectivity index (χ2n) is 4.64. The summed E-state index contributed by atoms with van der Waals surface area (Å²) in [6.07, 6.45) is 0.114. The summed E-state index contributed by atoms with van der Waals surface area (Å²) in [5, 5.41) is 11.4. The number of carbonyl (C=O) groups is 3. The topological polar surface area (TPSA) is 89.3 Å². The molecule has 22 heavy (non-hydrogen) atoms. The van der Waals surface area contributed by atoms with Gasteiger partial charge in [0.2, 0.25) is 5.78 Å². The van der Waals surface area contributed by atoms with Gasteiger partial charge < -0.3 is 5.11 Å². The summed E-state index contributed by atoms with van der Waals surface area (Å²) >= 11 is 1.07. The minimum Gasteiger partial charge on any atom is -0.464 e. The monoisotopic (exact) mass is 314 g/mol. The zero-order valence-corrected chi connectivity index (χ0v) is 12.3. The van der Waals surface area contributed by atoms with Crippen LogP contribution < -0.4 is 0 Å². The van der Waals surface area contributed by atoms with Crippen molar-refractivity contribution >= 4 is 39.9 Å². The van der Waals surface area contributed by atoms with E-state index in [2.05, 4.69) is 4.98 Å². The predicted molar refractivity (Wildman–Crippen MR) is 80.9 cm³/mol. The van der Waals surface area contributed by atoms with Crippen molar-refractivity contribution in [2.75, 3.05) is 0 Å². The van der Waals surface area contributed by atoms with Crippen molar-refractivity contribution in [1.29, 1.82) is 0 Å². The smallest absolute Gasteiger partial charge is 0.416 e. The third-order valence-electron chi connectivity index (χ3n) is 3.22. The van der Waals surface area contributed by atoms with Crippen molar-refractivity contribution in [3.05, 3.63) is 52.1 Å². The SMILES string of the molecule is CC(=O)c1csc(C(=O)c2cn(C(=O)O)c3ccccc23)n1. The third-order valence-corrected chi connectivity index (χ3v) is 4.06. The summed E-state index contributed by atoms with van der Waals surface area (Å²) in [6, 6.07) is 6.74. The van der Waals surface area contributed by atoms with Crippen LogP contribution in [0.15, 0.2) is 35.8 Å². The van der Waals surface area contributed by atoms with E-state index in [9.17, 15) is 19.5 Å². The fourth-order valence-electron chi connectivity index (χ4n) is 2.17. The largest absolute Gasteiger partial charge is 0.464 e. The van der Waals surface area contributed by atoms with E-state index >= 15 is 0 Å². The van der Waals surface area contributed by atoms with Crippen molar-refractivity contribution in [2.45, 2.75) is 6.92 Å². The molecule has 0 amide bonds. The third kappa shape index (κ3) is 2.21. The van der Waals surface area contributed by atoms with Crippen molar-refractivity contribution in [1.82, 2.24) is 9.55 Å². The molecule has 0 bridgehead atoms. The molecule has 0 aliphatic heterocycles. The lowest BCUT2D eigenvalue weighted by molar-refractivity contribution is 0.101. The maximum Gasteiger partial charge on any atom is 0.416 e. The number of Topliss-reactive ketones (excluding diaryl/α,β-unsaturated/α-hetero) is 1. The maximum atomic E-state index is 12.6. The molecule has 0 radical (unpaired) electrons. The number of hydrogen-bond donors (Lipinski definition) is 1. The Morgan fingerprint density at radius 1 is 1.23 bits per heavy atom. The number of nitrogens with zero attached hydrogens (tertiary/aromatic N) is 2. The first kappa shape index (κ1) is 14.2. The Kier molecular flexibility index (Phi) is 3.34. The average Bonchev–Trinajstić information content (AvgIpc) is 3.12. The van der Waals surface area contributed by atoms with E-state index in [4.69, 9.17) is 0 Å². The predicted octanol–water partition coefficient (Wildman–Crippen LogP) is 3.06. The van der Waals surface area contributed by atoms with Gasteiger partial charge in [-0.3, -0.25) is 14.2 Å². The number of benzene rings is 1. The molecule has 0 unspecified atom stereocenters. The number of hydrogen-bond acceptors (Lipinski definition) is 5. The molecule has 2 heterocycles. The Hall–Kier alpha value is -2.80. The van der Waals surface area contributed by atoms with Gasteiger partial charge >= 0.3 is 6.09 Å². The number of carboxylic acid groups (broad SMARTS) is 1. The quantitative estimate of drug-likeness (QED) is 0.750. The van der Waals surface area contributed by atoms with E-state index in [-0.39, 0.29) is 22.0 Å². The van der Waals surface area contributed by atoms with Crippen LogP contribution in [0.4, 0.5) is 4.79 Å². The lowest BCUT2D eigenvalue weighted by atomic mass is 10.1. The van der Waals surface area contributed by atoms with E-state index in [0.717, 1.165) is 15.9 Å². The van der Waals surface area contributed by atoms with Gasteiger partial charge in [0.15, 0.2) is 10.8 Å². The van der Waals surface area contributed by atoms with Gasteiger partial charge in [-0.15, -0.1) is 11.3 Å². The highest BCUT2D eigenvalue weighted by Gasteiger charge is 2.21. The summed E-state index contributed by atoms with van der Waals surface area (Å²) in [7, 11) is 0. The van der Waals surface area contributed by atoms with Gasteiger partial charge in [-0.05, 0) is 6.07 Å². The summed E-state index contributed by atoms with van der Waals surface area (Å²) in [5.41, 5.74) is 0.916. The zero-order chi connectivity index (χ0) is 15.9. The lowest BCUT2D eigenvalue weighted by Crippen LogP contribution is -2.06. The maximum absolute atomic E-state index is 12.6. The van der Waals surface area contributed by atoms with Gasteiger partial charge in [0.1, 0.15) is 5.69 Å². The fourth-order valence-corrected chi connectivity index (χ4v) is 2.98. The van der Waals surface area contributed by atoms with Gasteiger partial charge in [0.05, 0.1) is 11.1 Å². The number of carbonyl (C=O) groups excluding carboxylic acids is 2. The van der Waals surface area contributed by atoms with Crippen LogP contribution in [0, 0.1) is 0 Å². The van der Waals surface area contributed by atoms with Crippen LogP contribution in [0.2, 0.25) is 0 Å². The first-order chi connectivity index (χ1) is 10.5. The molecule has 0 spiro atoms. The van der Waals surface area contributed by atoms with Crippen LogP contribution in [-0.4, -0.2) is 32.3 Å². The number of fused-ring (bicyclic) bond motifs is 1. The number of para-hydroxylation sites is 1. The minimum atomic E-state index is -1.17. The lowest BCUT2D eigenvalue weighted by Gasteiger charge is -1.95. The molecule has 0 saturated carbocycles. The Morgan fingerprint density at radius 2 is 1.95 bits per heavy atom. The number of aromatic nitrogens is 2. The fraction of sp³-hybridized carbons (Fsp3) is 0.0667.